The third-order valence-corrected chi connectivity index (χ3v) is 5.99. The summed E-state index contributed by atoms with van der Waals surface area (Å²) in [5.74, 6) is 0.530. The molecule has 0 unspecified atom stereocenters. The summed E-state index contributed by atoms with van der Waals surface area (Å²) in [7, 11) is 1.59. The number of halogens is 1. The standard InChI is InChI=1S/C23H24ClN3O3/c1-13-4-5-15(9-19(13)24)25-21(28)12-27-7-6-20-18(11-27)23(29)17-10-16(30-3)8-14(2)22(17)26-20/h4-5,8-10H,6-7,11-12H2,1-3H3,(H,25,28)(H,26,29). The smallest absolute Gasteiger partial charge is 0.238 e. The van der Waals surface area contributed by atoms with E-state index in [1.54, 1.807) is 19.2 Å². The molecule has 6 nitrogen and oxygen atoms in total. The van der Waals surface area contributed by atoms with E-state index < -0.39 is 0 Å². The van der Waals surface area contributed by atoms with Crippen LogP contribution in [0.25, 0.3) is 10.9 Å². The van der Waals surface area contributed by atoms with Crippen LogP contribution >= 0.6 is 11.6 Å². The molecule has 0 radical (unpaired) electrons. The second kappa shape index (κ2) is 8.13. The van der Waals surface area contributed by atoms with E-state index >= 15 is 0 Å². The van der Waals surface area contributed by atoms with E-state index in [1.807, 2.05) is 36.9 Å². The normalized spacial score (nSPS) is 13.9. The number of aromatic amines is 1. The number of H-pyrrole nitrogens is 1. The zero-order valence-corrected chi connectivity index (χ0v) is 18.0. The Kier molecular flexibility index (Phi) is 5.54. The molecule has 30 heavy (non-hydrogen) atoms. The van der Waals surface area contributed by atoms with Gasteiger partial charge < -0.3 is 15.0 Å². The molecule has 0 saturated heterocycles. The molecule has 0 spiro atoms. The number of amides is 1. The van der Waals surface area contributed by atoms with Gasteiger partial charge in [-0.25, -0.2) is 0 Å². The molecular formula is C23H24ClN3O3. The number of anilines is 1. The quantitative estimate of drug-likeness (QED) is 0.666. The lowest BCUT2D eigenvalue weighted by molar-refractivity contribution is -0.117. The maximum absolute atomic E-state index is 13.2. The molecule has 0 fully saturated rings. The predicted molar refractivity (Wildman–Crippen MR) is 120 cm³/mol. The summed E-state index contributed by atoms with van der Waals surface area (Å²) < 4.78 is 5.32. The number of nitrogens with one attached hydrogen (secondary N) is 2. The van der Waals surface area contributed by atoms with Crippen molar-refractivity contribution >= 4 is 34.1 Å². The van der Waals surface area contributed by atoms with Crippen LogP contribution in [0.4, 0.5) is 5.69 Å². The lowest BCUT2D eigenvalue weighted by atomic mass is 10.0. The maximum Gasteiger partial charge on any atom is 0.238 e. The first-order chi connectivity index (χ1) is 14.4. The summed E-state index contributed by atoms with van der Waals surface area (Å²) >= 11 is 6.13. The number of pyridine rings is 1. The highest BCUT2D eigenvalue weighted by Crippen LogP contribution is 2.25. The molecule has 0 bridgehead atoms. The molecule has 1 aromatic heterocycles. The molecule has 2 N–H and O–H groups in total. The Labute approximate surface area is 179 Å². The highest BCUT2D eigenvalue weighted by molar-refractivity contribution is 6.31. The molecule has 156 valence electrons. The van der Waals surface area contributed by atoms with E-state index in [0.717, 1.165) is 22.3 Å². The van der Waals surface area contributed by atoms with Gasteiger partial charge in [0.25, 0.3) is 0 Å². The van der Waals surface area contributed by atoms with Crippen molar-refractivity contribution in [3.63, 3.8) is 0 Å². The number of hydrogen-bond acceptors (Lipinski definition) is 4. The zero-order valence-electron chi connectivity index (χ0n) is 17.3. The van der Waals surface area contributed by atoms with Crippen LogP contribution in [0, 0.1) is 13.8 Å². The van der Waals surface area contributed by atoms with Crippen molar-refractivity contribution in [1.29, 1.82) is 0 Å². The summed E-state index contributed by atoms with van der Waals surface area (Å²) in [5.41, 5.74) is 5.11. The second-order valence-electron chi connectivity index (χ2n) is 7.75. The average Bonchev–Trinajstić information content (AvgIpc) is 2.72. The maximum atomic E-state index is 13.2. The minimum absolute atomic E-state index is 0.00354. The van der Waals surface area contributed by atoms with Gasteiger partial charge in [-0.1, -0.05) is 17.7 Å². The molecule has 2 heterocycles. The van der Waals surface area contributed by atoms with E-state index in [0.29, 0.717) is 46.9 Å². The number of nitrogens with zero attached hydrogens (tertiary/aromatic N) is 1. The van der Waals surface area contributed by atoms with Gasteiger partial charge in [-0.05, 0) is 49.2 Å². The Balaban J connectivity index is 1.54. The zero-order chi connectivity index (χ0) is 21.4. The van der Waals surface area contributed by atoms with Gasteiger partial charge in [-0.15, -0.1) is 0 Å². The number of carbonyl (C=O) groups is 1. The molecule has 0 aliphatic carbocycles. The van der Waals surface area contributed by atoms with Crippen LogP contribution in [0.2, 0.25) is 5.02 Å². The minimum Gasteiger partial charge on any atom is -0.497 e. The molecule has 1 aliphatic heterocycles. The highest BCUT2D eigenvalue weighted by atomic mass is 35.5. The number of hydrogen-bond donors (Lipinski definition) is 2. The molecule has 0 atom stereocenters. The van der Waals surface area contributed by atoms with Gasteiger partial charge in [-0.3, -0.25) is 14.5 Å². The molecule has 4 rings (SSSR count). The highest BCUT2D eigenvalue weighted by Gasteiger charge is 2.23. The number of ether oxygens (including phenoxy) is 1. The van der Waals surface area contributed by atoms with Crippen molar-refractivity contribution in [2.45, 2.75) is 26.8 Å². The summed E-state index contributed by atoms with van der Waals surface area (Å²) in [6.07, 6.45) is 0.690. The average molecular weight is 426 g/mol. The van der Waals surface area contributed by atoms with E-state index in [9.17, 15) is 9.59 Å². The van der Waals surface area contributed by atoms with Crippen LogP contribution in [0.1, 0.15) is 22.4 Å². The Hall–Kier alpha value is -2.83. The minimum atomic E-state index is -0.131. The van der Waals surface area contributed by atoms with Crippen molar-refractivity contribution < 1.29 is 9.53 Å². The molecule has 0 saturated carbocycles. The van der Waals surface area contributed by atoms with Crippen molar-refractivity contribution in [3.8, 4) is 5.75 Å². The number of fused-ring (bicyclic) bond motifs is 2. The fourth-order valence-electron chi connectivity index (χ4n) is 3.91. The Bertz CT molecular complexity index is 1200. The number of aromatic nitrogens is 1. The molecule has 1 aliphatic rings. The second-order valence-corrected chi connectivity index (χ2v) is 8.16. The van der Waals surface area contributed by atoms with Gasteiger partial charge in [-0.2, -0.15) is 0 Å². The van der Waals surface area contributed by atoms with Crippen LogP contribution in [0.3, 0.4) is 0 Å². The van der Waals surface area contributed by atoms with Crippen LogP contribution in [-0.4, -0.2) is 36.0 Å². The summed E-state index contributed by atoms with van der Waals surface area (Å²) in [5, 5.41) is 4.11. The van der Waals surface area contributed by atoms with Crippen molar-refractivity contribution in [2.24, 2.45) is 0 Å². The van der Waals surface area contributed by atoms with E-state index in [-0.39, 0.29) is 17.9 Å². The lowest BCUT2D eigenvalue weighted by Gasteiger charge is -2.28. The van der Waals surface area contributed by atoms with Crippen molar-refractivity contribution in [1.82, 2.24) is 9.88 Å². The lowest BCUT2D eigenvalue weighted by Crippen LogP contribution is -2.39. The van der Waals surface area contributed by atoms with Gasteiger partial charge in [0.2, 0.25) is 5.91 Å². The molecule has 1 amide bonds. The van der Waals surface area contributed by atoms with Crippen LogP contribution in [0.15, 0.2) is 35.1 Å². The number of benzene rings is 2. The first-order valence-corrected chi connectivity index (χ1v) is 10.2. The molecule has 3 aromatic rings. The Morgan fingerprint density at radius 2 is 2.03 bits per heavy atom. The molecular weight excluding hydrogens is 402 g/mol. The van der Waals surface area contributed by atoms with E-state index in [2.05, 4.69) is 10.3 Å². The summed E-state index contributed by atoms with van der Waals surface area (Å²) in [4.78, 5) is 31.1. The first-order valence-electron chi connectivity index (χ1n) is 9.86. The van der Waals surface area contributed by atoms with Crippen LogP contribution in [0.5, 0.6) is 5.75 Å². The Morgan fingerprint density at radius 3 is 2.77 bits per heavy atom. The van der Waals surface area contributed by atoms with Gasteiger partial charge in [0, 0.05) is 46.9 Å². The largest absolute Gasteiger partial charge is 0.497 e. The van der Waals surface area contributed by atoms with Crippen molar-refractivity contribution in [3.05, 3.63) is 68.0 Å². The predicted octanol–water partition coefficient (Wildman–Crippen LogP) is 3.80. The van der Waals surface area contributed by atoms with Gasteiger partial charge >= 0.3 is 0 Å². The number of carbonyl (C=O) groups excluding carboxylic acids is 1. The number of methoxy groups -OCH3 is 1. The van der Waals surface area contributed by atoms with E-state index in [1.165, 1.54) is 0 Å². The third-order valence-electron chi connectivity index (χ3n) is 5.59. The van der Waals surface area contributed by atoms with Gasteiger partial charge in [0.1, 0.15) is 5.75 Å². The number of rotatable bonds is 4. The number of aryl methyl sites for hydroxylation is 2. The first kappa shape index (κ1) is 20.4. The summed E-state index contributed by atoms with van der Waals surface area (Å²) in [6, 6.07) is 9.13. The van der Waals surface area contributed by atoms with Crippen LogP contribution in [-0.2, 0) is 17.8 Å². The third kappa shape index (κ3) is 3.93. The van der Waals surface area contributed by atoms with Crippen molar-refractivity contribution in [2.75, 3.05) is 25.5 Å². The fraction of sp³-hybridized carbons (Fsp3) is 0.304. The van der Waals surface area contributed by atoms with E-state index in [4.69, 9.17) is 16.3 Å². The van der Waals surface area contributed by atoms with Gasteiger partial charge in [0.15, 0.2) is 5.43 Å². The molecule has 7 heteroatoms. The Morgan fingerprint density at radius 1 is 1.23 bits per heavy atom. The molecule has 2 aromatic carbocycles. The monoisotopic (exact) mass is 425 g/mol. The van der Waals surface area contributed by atoms with Crippen LogP contribution < -0.4 is 15.5 Å². The topological polar surface area (TPSA) is 74.4 Å². The fourth-order valence-corrected chi connectivity index (χ4v) is 4.09. The summed E-state index contributed by atoms with van der Waals surface area (Å²) in [6.45, 7) is 5.21. The van der Waals surface area contributed by atoms with Gasteiger partial charge in [0.05, 0.1) is 19.2 Å². The SMILES string of the molecule is COc1cc(C)c2[nH]c3c(c(=O)c2c1)CN(CC(=O)Nc1ccc(C)c(Cl)c1)CC3.